The molecule has 3 rings (SSSR count). The summed E-state index contributed by atoms with van der Waals surface area (Å²) in [7, 11) is 0. The lowest BCUT2D eigenvalue weighted by molar-refractivity contribution is -0.151. The van der Waals surface area contributed by atoms with Crippen molar-refractivity contribution in [3.63, 3.8) is 0 Å². The molecule has 4 heteroatoms. The SMILES string of the molecule is CCOC(=O)C(CC)Oc1ccc(C(=C(CCO)c2ccccc2)c2ccccc2)cc1. The summed E-state index contributed by atoms with van der Waals surface area (Å²) in [6, 6.07) is 28.1. The quantitative estimate of drug-likeness (QED) is 0.329. The topological polar surface area (TPSA) is 55.8 Å². The van der Waals surface area contributed by atoms with Gasteiger partial charge in [-0.25, -0.2) is 4.79 Å². The zero-order chi connectivity index (χ0) is 22.8. The van der Waals surface area contributed by atoms with Crippen molar-refractivity contribution in [1.82, 2.24) is 0 Å². The number of hydrogen-bond acceptors (Lipinski definition) is 4. The Labute approximate surface area is 190 Å². The number of ether oxygens (including phenoxy) is 2. The van der Waals surface area contributed by atoms with E-state index in [0.29, 0.717) is 25.2 Å². The number of aliphatic hydroxyl groups is 1. The second-order valence-electron chi connectivity index (χ2n) is 7.35. The lowest BCUT2D eigenvalue weighted by Crippen LogP contribution is -2.28. The van der Waals surface area contributed by atoms with E-state index >= 15 is 0 Å². The minimum atomic E-state index is -0.626. The lowest BCUT2D eigenvalue weighted by atomic mass is 9.88. The monoisotopic (exact) mass is 430 g/mol. The van der Waals surface area contributed by atoms with Crippen LogP contribution in [0.2, 0.25) is 0 Å². The number of aliphatic hydroxyl groups excluding tert-OH is 1. The molecule has 0 spiro atoms. The molecule has 0 radical (unpaired) electrons. The van der Waals surface area contributed by atoms with E-state index < -0.39 is 6.10 Å². The minimum absolute atomic E-state index is 0.0550. The molecule has 1 atom stereocenters. The molecule has 1 unspecified atom stereocenters. The van der Waals surface area contributed by atoms with Gasteiger partial charge in [0.15, 0.2) is 6.10 Å². The number of hydrogen-bond donors (Lipinski definition) is 1. The fourth-order valence-corrected chi connectivity index (χ4v) is 3.68. The summed E-state index contributed by atoms with van der Waals surface area (Å²) in [6.07, 6.45) is 0.441. The second kappa shape index (κ2) is 11.9. The molecule has 3 aromatic rings. The van der Waals surface area contributed by atoms with Crippen LogP contribution in [0, 0.1) is 0 Å². The van der Waals surface area contributed by atoms with Crippen molar-refractivity contribution in [3.05, 3.63) is 102 Å². The van der Waals surface area contributed by atoms with E-state index in [-0.39, 0.29) is 12.6 Å². The van der Waals surface area contributed by atoms with Crippen LogP contribution in [0.25, 0.3) is 11.1 Å². The van der Waals surface area contributed by atoms with Gasteiger partial charge in [-0.1, -0.05) is 79.7 Å². The van der Waals surface area contributed by atoms with Gasteiger partial charge in [0.2, 0.25) is 0 Å². The van der Waals surface area contributed by atoms with E-state index in [0.717, 1.165) is 27.8 Å². The van der Waals surface area contributed by atoms with Crippen LogP contribution < -0.4 is 4.74 Å². The molecule has 0 heterocycles. The van der Waals surface area contributed by atoms with Crippen LogP contribution in [0.15, 0.2) is 84.9 Å². The van der Waals surface area contributed by atoms with Gasteiger partial charge in [-0.3, -0.25) is 0 Å². The van der Waals surface area contributed by atoms with Crippen LogP contribution in [-0.4, -0.2) is 30.4 Å². The van der Waals surface area contributed by atoms with Gasteiger partial charge in [0.1, 0.15) is 5.75 Å². The third-order valence-corrected chi connectivity index (χ3v) is 5.19. The molecule has 0 bridgehead atoms. The molecule has 0 aliphatic rings. The highest BCUT2D eigenvalue weighted by atomic mass is 16.6. The Kier molecular flexibility index (Phi) is 8.64. The molecule has 0 saturated heterocycles. The standard InChI is InChI=1S/C28H30O4/c1-3-26(28(30)31-4-2)32-24-17-15-23(16-18-24)27(22-13-9-6-10-14-22)25(19-20-29)21-11-7-5-8-12-21/h5-18,26,29H,3-4,19-20H2,1-2H3. The van der Waals surface area contributed by atoms with Crippen molar-refractivity contribution in [1.29, 1.82) is 0 Å². The Morgan fingerprint density at radius 2 is 1.38 bits per heavy atom. The Morgan fingerprint density at radius 3 is 1.91 bits per heavy atom. The van der Waals surface area contributed by atoms with Gasteiger partial charge in [-0.2, -0.15) is 0 Å². The predicted octanol–water partition coefficient (Wildman–Crippen LogP) is 5.75. The van der Waals surface area contributed by atoms with Gasteiger partial charge >= 0.3 is 5.97 Å². The van der Waals surface area contributed by atoms with Crippen LogP contribution >= 0.6 is 0 Å². The molecule has 0 aliphatic heterocycles. The van der Waals surface area contributed by atoms with Gasteiger partial charge in [0.05, 0.1) is 6.61 Å². The average Bonchev–Trinajstić information content (AvgIpc) is 2.84. The first-order chi connectivity index (χ1) is 15.7. The fourth-order valence-electron chi connectivity index (χ4n) is 3.68. The normalized spacial score (nSPS) is 12.6. The predicted molar refractivity (Wildman–Crippen MR) is 128 cm³/mol. The van der Waals surface area contributed by atoms with Crippen LogP contribution in [0.3, 0.4) is 0 Å². The van der Waals surface area contributed by atoms with Gasteiger partial charge in [0.25, 0.3) is 0 Å². The van der Waals surface area contributed by atoms with Crippen molar-refractivity contribution in [2.75, 3.05) is 13.2 Å². The average molecular weight is 431 g/mol. The van der Waals surface area contributed by atoms with Crippen molar-refractivity contribution in [2.45, 2.75) is 32.8 Å². The number of carbonyl (C=O) groups is 1. The summed E-state index contributed by atoms with van der Waals surface area (Å²) < 4.78 is 11.0. The maximum absolute atomic E-state index is 12.1. The third kappa shape index (κ3) is 5.86. The highest BCUT2D eigenvalue weighted by Gasteiger charge is 2.20. The Morgan fingerprint density at radius 1 is 0.812 bits per heavy atom. The smallest absolute Gasteiger partial charge is 0.347 e. The highest BCUT2D eigenvalue weighted by molar-refractivity contribution is 5.98. The Balaban J connectivity index is 2.02. The van der Waals surface area contributed by atoms with Crippen LogP contribution in [0.5, 0.6) is 5.75 Å². The van der Waals surface area contributed by atoms with Gasteiger partial charge in [0, 0.05) is 6.61 Å². The van der Waals surface area contributed by atoms with Gasteiger partial charge in [-0.05, 0) is 59.7 Å². The van der Waals surface area contributed by atoms with E-state index in [9.17, 15) is 9.90 Å². The molecule has 0 aliphatic carbocycles. The highest BCUT2D eigenvalue weighted by Crippen LogP contribution is 2.35. The molecule has 3 aromatic carbocycles. The van der Waals surface area contributed by atoms with Crippen molar-refractivity contribution in [3.8, 4) is 5.75 Å². The molecular weight excluding hydrogens is 400 g/mol. The van der Waals surface area contributed by atoms with Crippen molar-refractivity contribution in [2.24, 2.45) is 0 Å². The summed E-state index contributed by atoms with van der Waals surface area (Å²) >= 11 is 0. The van der Waals surface area contributed by atoms with Gasteiger partial charge in [-0.15, -0.1) is 0 Å². The summed E-state index contributed by atoms with van der Waals surface area (Å²) in [6.45, 7) is 4.07. The summed E-state index contributed by atoms with van der Waals surface area (Å²) in [5, 5.41) is 9.81. The molecule has 0 aromatic heterocycles. The maximum atomic E-state index is 12.1. The minimum Gasteiger partial charge on any atom is -0.479 e. The summed E-state index contributed by atoms with van der Waals surface area (Å²) in [5.74, 6) is 0.266. The zero-order valence-electron chi connectivity index (χ0n) is 18.7. The van der Waals surface area contributed by atoms with Crippen molar-refractivity contribution < 1.29 is 19.4 Å². The largest absolute Gasteiger partial charge is 0.479 e. The van der Waals surface area contributed by atoms with Crippen LogP contribution in [0.1, 0.15) is 43.4 Å². The Bertz CT molecular complexity index is 1010. The fraction of sp³-hybridized carbons (Fsp3) is 0.250. The van der Waals surface area contributed by atoms with E-state index in [2.05, 4.69) is 24.3 Å². The van der Waals surface area contributed by atoms with E-state index in [1.165, 1.54) is 0 Å². The molecule has 4 nitrogen and oxygen atoms in total. The number of carbonyl (C=O) groups excluding carboxylic acids is 1. The number of benzene rings is 3. The third-order valence-electron chi connectivity index (χ3n) is 5.19. The maximum Gasteiger partial charge on any atom is 0.347 e. The Hall–Kier alpha value is -3.37. The first-order valence-corrected chi connectivity index (χ1v) is 11.1. The number of rotatable bonds is 10. The molecule has 32 heavy (non-hydrogen) atoms. The van der Waals surface area contributed by atoms with Gasteiger partial charge < -0.3 is 14.6 Å². The molecule has 0 fully saturated rings. The van der Waals surface area contributed by atoms with E-state index in [1.54, 1.807) is 6.92 Å². The first-order valence-electron chi connectivity index (χ1n) is 11.1. The molecule has 1 N–H and O–H groups in total. The summed E-state index contributed by atoms with van der Waals surface area (Å²) in [4.78, 5) is 12.1. The van der Waals surface area contributed by atoms with Crippen LogP contribution in [0.4, 0.5) is 0 Å². The van der Waals surface area contributed by atoms with E-state index in [1.807, 2.05) is 67.6 Å². The second-order valence-corrected chi connectivity index (χ2v) is 7.35. The molecule has 0 saturated carbocycles. The first kappa shape index (κ1) is 23.3. The molecular formula is C28H30O4. The molecule has 166 valence electrons. The lowest BCUT2D eigenvalue weighted by Gasteiger charge is -2.19. The molecule has 0 amide bonds. The summed E-state index contributed by atoms with van der Waals surface area (Å²) in [5.41, 5.74) is 5.31. The number of esters is 1. The van der Waals surface area contributed by atoms with Crippen molar-refractivity contribution >= 4 is 17.1 Å². The van der Waals surface area contributed by atoms with E-state index in [4.69, 9.17) is 9.47 Å². The zero-order valence-corrected chi connectivity index (χ0v) is 18.7. The van der Waals surface area contributed by atoms with Crippen LogP contribution in [-0.2, 0) is 9.53 Å².